The van der Waals surface area contributed by atoms with E-state index in [1.54, 1.807) is 0 Å². The third-order valence-electron chi connectivity index (χ3n) is 2.58. The van der Waals surface area contributed by atoms with Gasteiger partial charge in [-0.25, -0.2) is 0 Å². The Morgan fingerprint density at radius 1 is 1.29 bits per heavy atom. The summed E-state index contributed by atoms with van der Waals surface area (Å²) in [5.41, 5.74) is 6.94. The summed E-state index contributed by atoms with van der Waals surface area (Å²) in [6, 6.07) is 11.1. The summed E-state index contributed by atoms with van der Waals surface area (Å²) in [5.74, 6) is 0. The summed E-state index contributed by atoms with van der Waals surface area (Å²) in [4.78, 5) is 2.31. The van der Waals surface area contributed by atoms with E-state index in [1.165, 1.54) is 5.56 Å². The molecule has 1 unspecified atom stereocenters. The molecule has 2 nitrogen and oxygen atoms in total. The molecule has 0 amide bonds. The minimum absolute atomic E-state index is 0.500. The SMILES string of the molecule is CCC(c1ccccc1)N(C)CCN. The number of hydrogen-bond donors (Lipinski definition) is 1. The quantitative estimate of drug-likeness (QED) is 0.773. The fraction of sp³-hybridized carbons (Fsp3) is 0.500. The first-order valence-electron chi connectivity index (χ1n) is 5.24. The topological polar surface area (TPSA) is 29.3 Å². The minimum atomic E-state index is 0.500. The number of likely N-dealkylation sites (N-methyl/N-ethyl adjacent to an activating group) is 1. The van der Waals surface area contributed by atoms with Gasteiger partial charge in [0.15, 0.2) is 0 Å². The van der Waals surface area contributed by atoms with Crippen molar-refractivity contribution in [2.75, 3.05) is 20.1 Å². The number of rotatable bonds is 5. The fourth-order valence-corrected chi connectivity index (χ4v) is 1.84. The molecule has 0 heterocycles. The third-order valence-corrected chi connectivity index (χ3v) is 2.58. The lowest BCUT2D eigenvalue weighted by atomic mass is 10.0. The monoisotopic (exact) mass is 192 g/mol. The van der Waals surface area contributed by atoms with Gasteiger partial charge < -0.3 is 5.73 Å². The Hall–Kier alpha value is -0.860. The molecular formula is C12H20N2. The van der Waals surface area contributed by atoms with Gasteiger partial charge >= 0.3 is 0 Å². The summed E-state index contributed by atoms with van der Waals surface area (Å²) in [7, 11) is 2.13. The van der Waals surface area contributed by atoms with Gasteiger partial charge in [-0.1, -0.05) is 37.3 Å². The summed E-state index contributed by atoms with van der Waals surface area (Å²) in [6.45, 7) is 3.89. The summed E-state index contributed by atoms with van der Waals surface area (Å²) < 4.78 is 0. The van der Waals surface area contributed by atoms with E-state index in [2.05, 4.69) is 49.2 Å². The van der Waals surface area contributed by atoms with Crippen LogP contribution in [0.15, 0.2) is 30.3 Å². The second-order valence-electron chi connectivity index (χ2n) is 3.60. The minimum Gasteiger partial charge on any atom is -0.329 e. The maximum Gasteiger partial charge on any atom is 0.0342 e. The average Bonchev–Trinajstić information content (AvgIpc) is 2.21. The van der Waals surface area contributed by atoms with Crippen LogP contribution in [0.25, 0.3) is 0 Å². The molecule has 78 valence electrons. The highest BCUT2D eigenvalue weighted by Crippen LogP contribution is 2.21. The van der Waals surface area contributed by atoms with Gasteiger partial charge in [-0.3, -0.25) is 4.90 Å². The van der Waals surface area contributed by atoms with E-state index in [9.17, 15) is 0 Å². The van der Waals surface area contributed by atoms with Gasteiger partial charge in [0, 0.05) is 19.1 Å². The maximum absolute atomic E-state index is 5.56. The Balaban J connectivity index is 2.71. The van der Waals surface area contributed by atoms with Gasteiger partial charge in [0.05, 0.1) is 0 Å². The van der Waals surface area contributed by atoms with Crippen molar-refractivity contribution in [2.24, 2.45) is 5.73 Å². The van der Waals surface area contributed by atoms with Crippen LogP contribution < -0.4 is 5.73 Å². The second kappa shape index (κ2) is 5.78. The van der Waals surface area contributed by atoms with Gasteiger partial charge in [-0.2, -0.15) is 0 Å². The lowest BCUT2D eigenvalue weighted by molar-refractivity contribution is 0.245. The van der Waals surface area contributed by atoms with Crippen molar-refractivity contribution in [3.05, 3.63) is 35.9 Å². The summed E-state index contributed by atoms with van der Waals surface area (Å²) in [5, 5.41) is 0. The van der Waals surface area contributed by atoms with E-state index in [4.69, 9.17) is 5.73 Å². The Labute approximate surface area is 86.7 Å². The predicted molar refractivity (Wildman–Crippen MR) is 61.2 cm³/mol. The fourth-order valence-electron chi connectivity index (χ4n) is 1.84. The van der Waals surface area contributed by atoms with E-state index < -0.39 is 0 Å². The standard InChI is InChI=1S/C12H20N2/c1-3-12(14(2)10-9-13)11-7-5-4-6-8-11/h4-8,12H,3,9-10,13H2,1-2H3. The van der Waals surface area contributed by atoms with Crippen LogP contribution in [0.4, 0.5) is 0 Å². The van der Waals surface area contributed by atoms with Gasteiger partial charge in [0.2, 0.25) is 0 Å². The second-order valence-corrected chi connectivity index (χ2v) is 3.60. The van der Waals surface area contributed by atoms with Crippen LogP contribution in [-0.2, 0) is 0 Å². The number of hydrogen-bond acceptors (Lipinski definition) is 2. The van der Waals surface area contributed by atoms with Crippen molar-refractivity contribution >= 4 is 0 Å². The Morgan fingerprint density at radius 3 is 2.43 bits per heavy atom. The van der Waals surface area contributed by atoms with Gasteiger partial charge in [-0.05, 0) is 19.0 Å². The zero-order valence-corrected chi connectivity index (χ0v) is 9.11. The lowest BCUT2D eigenvalue weighted by Crippen LogP contribution is -2.29. The third kappa shape index (κ3) is 2.82. The summed E-state index contributed by atoms with van der Waals surface area (Å²) >= 11 is 0. The van der Waals surface area contributed by atoms with Gasteiger partial charge in [-0.15, -0.1) is 0 Å². The molecule has 0 radical (unpaired) electrons. The largest absolute Gasteiger partial charge is 0.329 e. The molecule has 14 heavy (non-hydrogen) atoms. The van der Waals surface area contributed by atoms with E-state index in [1.807, 2.05) is 0 Å². The smallest absolute Gasteiger partial charge is 0.0342 e. The van der Waals surface area contributed by atoms with Crippen molar-refractivity contribution in [3.63, 3.8) is 0 Å². The first-order valence-corrected chi connectivity index (χ1v) is 5.24. The summed E-state index contributed by atoms with van der Waals surface area (Å²) in [6.07, 6.45) is 1.13. The Morgan fingerprint density at radius 2 is 1.93 bits per heavy atom. The molecule has 1 rings (SSSR count). The van der Waals surface area contributed by atoms with Crippen LogP contribution in [0, 0.1) is 0 Å². The Kier molecular flexibility index (Phi) is 4.63. The molecular weight excluding hydrogens is 172 g/mol. The zero-order valence-electron chi connectivity index (χ0n) is 9.11. The van der Waals surface area contributed by atoms with E-state index >= 15 is 0 Å². The van der Waals surface area contributed by atoms with Crippen LogP contribution in [0.1, 0.15) is 24.9 Å². The van der Waals surface area contributed by atoms with Crippen molar-refractivity contribution in [1.82, 2.24) is 4.90 Å². The molecule has 0 aliphatic rings. The normalized spacial score (nSPS) is 13.1. The zero-order chi connectivity index (χ0) is 10.4. The first kappa shape index (κ1) is 11.2. The Bertz CT molecular complexity index is 246. The van der Waals surface area contributed by atoms with Crippen LogP contribution in [0.3, 0.4) is 0 Å². The molecule has 2 heteroatoms. The molecule has 0 saturated carbocycles. The molecule has 1 aromatic rings. The molecule has 1 aromatic carbocycles. The molecule has 0 aromatic heterocycles. The molecule has 0 saturated heterocycles. The highest BCUT2D eigenvalue weighted by molar-refractivity contribution is 5.18. The number of nitrogens with two attached hydrogens (primary N) is 1. The van der Waals surface area contributed by atoms with Crippen molar-refractivity contribution in [2.45, 2.75) is 19.4 Å². The van der Waals surface area contributed by atoms with Crippen molar-refractivity contribution in [1.29, 1.82) is 0 Å². The first-order chi connectivity index (χ1) is 6.79. The van der Waals surface area contributed by atoms with Crippen LogP contribution in [0.2, 0.25) is 0 Å². The highest BCUT2D eigenvalue weighted by atomic mass is 15.1. The lowest BCUT2D eigenvalue weighted by Gasteiger charge is -2.26. The molecule has 2 N–H and O–H groups in total. The van der Waals surface area contributed by atoms with Crippen LogP contribution in [0.5, 0.6) is 0 Å². The molecule has 1 atom stereocenters. The average molecular weight is 192 g/mol. The van der Waals surface area contributed by atoms with E-state index in [0.717, 1.165) is 19.5 Å². The maximum atomic E-state index is 5.56. The molecule has 0 fully saturated rings. The number of nitrogens with zero attached hydrogens (tertiary/aromatic N) is 1. The van der Waals surface area contributed by atoms with E-state index in [0.29, 0.717) is 6.04 Å². The molecule has 0 aliphatic carbocycles. The van der Waals surface area contributed by atoms with Crippen molar-refractivity contribution < 1.29 is 0 Å². The number of benzene rings is 1. The molecule has 0 bridgehead atoms. The van der Waals surface area contributed by atoms with Crippen molar-refractivity contribution in [3.8, 4) is 0 Å². The van der Waals surface area contributed by atoms with Crippen LogP contribution >= 0.6 is 0 Å². The predicted octanol–water partition coefficient (Wildman–Crippen LogP) is 2.03. The van der Waals surface area contributed by atoms with Gasteiger partial charge in [0.1, 0.15) is 0 Å². The van der Waals surface area contributed by atoms with Gasteiger partial charge in [0.25, 0.3) is 0 Å². The van der Waals surface area contributed by atoms with E-state index in [-0.39, 0.29) is 0 Å². The van der Waals surface area contributed by atoms with Crippen LogP contribution in [-0.4, -0.2) is 25.0 Å². The highest BCUT2D eigenvalue weighted by Gasteiger charge is 2.13. The molecule has 0 spiro atoms. The molecule has 0 aliphatic heterocycles.